The van der Waals surface area contributed by atoms with E-state index in [4.69, 9.17) is 4.42 Å². The highest BCUT2D eigenvalue weighted by Crippen LogP contribution is 2.26. The highest BCUT2D eigenvalue weighted by molar-refractivity contribution is 9.10. The molecule has 1 aliphatic heterocycles. The second kappa shape index (κ2) is 7.19. The van der Waals surface area contributed by atoms with Gasteiger partial charge in [-0.2, -0.15) is 0 Å². The van der Waals surface area contributed by atoms with Crippen LogP contribution in [0.3, 0.4) is 0 Å². The van der Waals surface area contributed by atoms with Gasteiger partial charge in [0.2, 0.25) is 0 Å². The molecule has 6 heteroatoms. The second-order valence-electron chi connectivity index (χ2n) is 5.65. The van der Waals surface area contributed by atoms with Crippen molar-refractivity contribution in [1.82, 2.24) is 10.2 Å². The fraction of sp³-hybridized carbons (Fsp3) is 0.353. The van der Waals surface area contributed by atoms with Crippen molar-refractivity contribution in [2.45, 2.75) is 18.9 Å². The number of furan rings is 1. The Labute approximate surface area is 143 Å². The fourth-order valence-corrected chi connectivity index (χ4v) is 3.28. The standard InChI is InChI=1S/C17H19BrN2O3/c18-12-5-6-15(21)13(10-12)17(22)19-11-14(16-4-3-9-23-16)20-7-1-2-8-20/h3-6,9-10,14,21H,1-2,7-8,11H2,(H,19,22). The molecule has 122 valence electrons. The molecule has 1 amide bonds. The topological polar surface area (TPSA) is 65.7 Å². The lowest BCUT2D eigenvalue weighted by atomic mass is 10.1. The van der Waals surface area contributed by atoms with Crippen LogP contribution in [0, 0.1) is 0 Å². The lowest BCUT2D eigenvalue weighted by Gasteiger charge is -2.26. The van der Waals surface area contributed by atoms with Crippen molar-refractivity contribution in [3.8, 4) is 5.75 Å². The molecule has 0 radical (unpaired) electrons. The molecular weight excluding hydrogens is 360 g/mol. The van der Waals surface area contributed by atoms with E-state index < -0.39 is 0 Å². The number of nitrogens with one attached hydrogen (secondary N) is 1. The van der Waals surface area contributed by atoms with Gasteiger partial charge in [-0.05, 0) is 56.3 Å². The van der Waals surface area contributed by atoms with Crippen molar-refractivity contribution in [2.75, 3.05) is 19.6 Å². The van der Waals surface area contributed by atoms with Crippen LogP contribution < -0.4 is 5.32 Å². The first-order chi connectivity index (χ1) is 11.1. The molecular formula is C17H19BrN2O3. The number of carbonyl (C=O) groups is 1. The normalized spacial score (nSPS) is 16.4. The van der Waals surface area contributed by atoms with E-state index in [0.29, 0.717) is 6.54 Å². The molecule has 0 spiro atoms. The van der Waals surface area contributed by atoms with Crippen LogP contribution in [0.1, 0.15) is 35.0 Å². The lowest BCUT2D eigenvalue weighted by molar-refractivity contribution is 0.0931. The van der Waals surface area contributed by atoms with Gasteiger partial charge in [-0.3, -0.25) is 9.69 Å². The van der Waals surface area contributed by atoms with Crippen LogP contribution in [0.25, 0.3) is 0 Å². The van der Waals surface area contributed by atoms with Crippen molar-refractivity contribution < 1.29 is 14.3 Å². The summed E-state index contributed by atoms with van der Waals surface area (Å²) in [5.41, 5.74) is 0.263. The molecule has 3 rings (SSSR count). The largest absolute Gasteiger partial charge is 0.507 e. The molecule has 2 heterocycles. The summed E-state index contributed by atoms with van der Waals surface area (Å²) in [4.78, 5) is 14.7. The number of phenolic OH excluding ortho intramolecular Hbond substituents is 1. The van der Waals surface area contributed by atoms with Gasteiger partial charge < -0.3 is 14.8 Å². The minimum atomic E-state index is -0.292. The number of hydrogen-bond acceptors (Lipinski definition) is 4. The van der Waals surface area contributed by atoms with E-state index >= 15 is 0 Å². The maximum absolute atomic E-state index is 12.4. The summed E-state index contributed by atoms with van der Waals surface area (Å²) < 4.78 is 6.29. The van der Waals surface area contributed by atoms with E-state index in [0.717, 1.165) is 36.2 Å². The zero-order valence-electron chi connectivity index (χ0n) is 12.7. The number of benzene rings is 1. The van der Waals surface area contributed by atoms with Gasteiger partial charge in [0.25, 0.3) is 5.91 Å². The summed E-state index contributed by atoms with van der Waals surface area (Å²) in [6, 6.07) is 8.63. The van der Waals surface area contributed by atoms with E-state index in [1.807, 2.05) is 12.1 Å². The Balaban J connectivity index is 1.71. The Bertz CT molecular complexity index is 666. The number of hydrogen-bond donors (Lipinski definition) is 2. The van der Waals surface area contributed by atoms with Crippen molar-refractivity contribution in [3.05, 3.63) is 52.4 Å². The van der Waals surface area contributed by atoms with Gasteiger partial charge in [-0.25, -0.2) is 0 Å². The lowest BCUT2D eigenvalue weighted by Crippen LogP contribution is -2.36. The molecule has 1 aliphatic rings. The summed E-state index contributed by atoms with van der Waals surface area (Å²) in [6.45, 7) is 2.45. The number of halogens is 1. The van der Waals surface area contributed by atoms with Crippen molar-refractivity contribution in [2.24, 2.45) is 0 Å². The Morgan fingerprint density at radius 2 is 2.13 bits per heavy atom. The number of carbonyl (C=O) groups excluding carboxylic acids is 1. The van der Waals surface area contributed by atoms with E-state index in [1.165, 1.54) is 6.07 Å². The average Bonchev–Trinajstić information content (AvgIpc) is 3.23. The first-order valence-electron chi connectivity index (χ1n) is 7.69. The van der Waals surface area contributed by atoms with Gasteiger partial charge in [-0.15, -0.1) is 0 Å². The molecule has 0 bridgehead atoms. The van der Waals surface area contributed by atoms with Crippen LogP contribution in [-0.4, -0.2) is 35.5 Å². The molecule has 2 aromatic rings. The second-order valence-corrected chi connectivity index (χ2v) is 6.56. The molecule has 1 fully saturated rings. The van der Waals surface area contributed by atoms with Crippen molar-refractivity contribution in [3.63, 3.8) is 0 Å². The van der Waals surface area contributed by atoms with Crippen LogP contribution in [-0.2, 0) is 0 Å². The molecule has 1 atom stereocenters. The third-order valence-corrected chi connectivity index (χ3v) is 4.61. The average molecular weight is 379 g/mol. The Morgan fingerprint density at radius 3 is 2.83 bits per heavy atom. The molecule has 1 aromatic heterocycles. The predicted octanol–water partition coefficient (Wildman–Crippen LogP) is 3.31. The summed E-state index contributed by atoms with van der Waals surface area (Å²) in [6.07, 6.45) is 3.98. The maximum Gasteiger partial charge on any atom is 0.255 e. The first kappa shape index (κ1) is 16.1. The quantitative estimate of drug-likeness (QED) is 0.837. The van der Waals surface area contributed by atoms with Crippen LogP contribution >= 0.6 is 15.9 Å². The molecule has 23 heavy (non-hydrogen) atoms. The van der Waals surface area contributed by atoms with Gasteiger partial charge in [-0.1, -0.05) is 15.9 Å². The van der Waals surface area contributed by atoms with Crippen LogP contribution in [0.2, 0.25) is 0 Å². The van der Waals surface area contributed by atoms with Crippen LogP contribution in [0.4, 0.5) is 0 Å². The van der Waals surface area contributed by atoms with E-state index in [9.17, 15) is 9.90 Å². The van der Waals surface area contributed by atoms with Gasteiger partial charge >= 0.3 is 0 Å². The number of aromatic hydroxyl groups is 1. The molecule has 1 saturated heterocycles. The Hall–Kier alpha value is -1.79. The monoisotopic (exact) mass is 378 g/mol. The SMILES string of the molecule is O=C(NCC(c1ccco1)N1CCCC1)c1cc(Br)ccc1O. The summed E-state index contributed by atoms with van der Waals surface area (Å²) >= 11 is 3.32. The Kier molecular flexibility index (Phi) is 5.03. The smallest absolute Gasteiger partial charge is 0.255 e. The number of rotatable bonds is 5. The van der Waals surface area contributed by atoms with E-state index in [2.05, 4.69) is 26.1 Å². The van der Waals surface area contributed by atoms with E-state index in [-0.39, 0.29) is 23.3 Å². The van der Waals surface area contributed by atoms with Crippen LogP contribution in [0.5, 0.6) is 5.75 Å². The third kappa shape index (κ3) is 3.76. The Morgan fingerprint density at radius 1 is 1.35 bits per heavy atom. The summed E-state index contributed by atoms with van der Waals surface area (Å²) in [5.74, 6) is 0.534. The van der Waals surface area contributed by atoms with Crippen molar-refractivity contribution >= 4 is 21.8 Å². The molecule has 0 saturated carbocycles. The van der Waals surface area contributed by atoms with Gasteiger partial charge in [0.05, 0.1) is 17.9 Å². The van der Waals surface area contributed by atoms with Gasteiger partial charge in [0.1, 0.15) is 11.5 Å². The predicted molar refractivity (Wildman–Crippen MR) is 90.4 cm³/mol. The highest BCUT2D eigenvalue weighted by atomic mass is 79.9. The number of phenols is 1. The summed E-state index contributed by atoms with van der Waals surface area (Å²) in [5, 5.41) is 12.8. The molecule has 1 unspecified atom stereocenters. The van der Waals surface area contributed by atoms with Crippen molar-refractivity contribution in [1.29, 1.82) is 0 Å². The number of nitrogens with zero attached hydrogens (tertiary/aromatic N) is 1. The first-order valence-corrected chi connectivity index (χ1v) is 8.48. The third-order valence-electron chi connectivity index (χ3n) is 4.11. The summed E-state index contributed by atoms with van der Waals surface area (Å²) in [7, 11) is 0. The molecule has 0 aliphatic carbocycles. The minimum Gasteiger partial charge on any atom is -0.507 e. The highest BCUT2D eigenvalue weighted by Gasteiger charge is 2.26. The van der Waals surface area contributed by atoms with Gasteiger partial charge in [0, 0.05) is 11.0 Å². The van der Waals surface area contributed by atoms with Gasteiger partial charge in [0.15, 0.2) is 0 Å². The molecule has 1 aromatic carbocycles. The zero-order valence-corrected chi connectivity index (χ0v) is 14.3. The number of likely N-dealkylation sites (tertiary alicyclic amines) is 1. The minimum absolute atomic E-state index is 0.0192. The van der Waals surface area contributed by atoms with E-state index in [1.54, 1.807) is 18.4 Å². The zero-order chi connectivity index (χ0) is 16.2. The molecule has 2 N–H and O–H groups in total. The van der Waals surface area contributed by atoms with Crippen LogP contribution in [0.15, 0.2) is 45.5 Å². The maximum atomic E-state index is 12.4. The molecule has 5 nitrogen and oxygen atoms in total. The fourth-order valence-electron chi connectivity index (χ4n) is 2.92. The number of amides is 1.